The van der Waals surface area contributed by atoms with Crippen molar-refractivity contribution in [3.8, 4) is 0 Å². The van der Waals surface area contributed by atoms with Crippen LogP contribution in [0.25, 0.3) is 0 Å². The molecule has 9 heteroatoms. The lowest BCUT2D eigenvalue weighted by Crippen LogP contribution is -2.51. The van der Waals surface area contributed by atoms with E-state index in [2.05, 4.69) is 5.32 Å². The number of hydrogen-bond acceptors (Lipinski definition) is 5. The molecule has 0 saturated carbocycles. The molecule has 0 radical (unpaired) electrons. The van der Waals surface area contributed by atoms with Crippen molar-refractivity contribution in [2.45, 2.75) is 78.2 Å². The second kappa shape index (κ2) is 14.9. The van der Waals surface area contributed by atoms with Crippen molar-refractivity contribution in [3.63, 3.8) is 0 Å². The summed E-state index contributed by atoms with van der Waals surface area (Å²) in [6.07, 6.45) is -1.63. The van der Waals surface area contributed by atoms with Crippen LogP contribution in [-0.2, 0) is 11.2 Å². The average Bonchev–Trinajstić information content (AvgIpc) is 2.84. The van der Waals surface area contributed by atoms with Gasteiger partial charge in [0.2, 0.25) is 0 Å². The number of halogens is 2. The molecule has 2 aromatic rings. The molecule has 0 aliphatic heterocycles. The third-order valence-electron chi connectivity index (χ3n) is 5.96. The average molecular weight is 535 g/mol. The minimum absolute atomic E-state index is 0.154. The quantitative estimate of drug-likeness (QED) is 0.340. The molecule has 2 rings (SSSR count). The molecule has 0 unspecified atom stereocenters. The van der Waals surface area contributed by atoms with Crippen LogP contribution in [0.1, 0.15) is 72.4 Å². The molecule has 2 amide bonds. The molecule has 7 nitrogen and oxygen atoms in total. The second-order valence-corrected chi connectivity index (χ2v) is 9.88. The summed E-state index contributed by atoms with van der Waals surface area (Å²) in [4.78, 5) is 28.2. The monoisotopic (exact) mass is 534 g/mol. The van der Waals surface area contributed by atoms with Gasteiger partial charge in [0.1, 0.15) is 23.8 Å². The molecule has 2 aromatic carbocycles. The van der Waals surface area contributed by atoms with Crippen LogP contribution >= 0.6 is 0 Å². The van der Waals surface area contributed by atoms with Gasteiger partial charge in [0.25, 0.3) is 11.8 Å². The molecule has 210 valence electrons. The molecule has 0 bridgehead atoms. The Morgan fingerprint density at radius 2 is 1.53 bits per heavy atom. The maximum atomic E-state index is 13.8. The van der Waals surface area contributed by atoms with Gasteiger partial charge in [-0.05, 0) is 81.5 Å². The lowest BCUT2D eigenvalue weighted by Gasteiger charge is -2.28. The third-order valence-corrected chi connectivity index (χ3v) is 5.96. The van der Waals surface area contributed by atoms with Crippen LogP contribution in [0.3, 0.4) is 0 Å². The molecule has 0 spiro atoms. The van der Waals surface area contributed by atoms with Gasteiger partial charge in [0.05, 0.1) is 18.8 Å². The summed E-state index contributed by atoms with van der Waals surface area (Å²) in [5.41, 5.74) is 1.45. The van der Waals surface area contributed by atoms with Gasteiger partial charge in [-0.1, -0.05) is 13.8 Å². The number of benzene rings is 2. The SMILES string of the molecule is CCCN(CCC)C(=O)c1cc(C)cc(C(=O)N[C@@H](Cc2cc(F)cc(F)c2)[C@@H](O)[C@@H](O)COC(C)C)c1. The topological polar surface area (TPSA) is 99.1 Å². The summed E-state index contributed by atoms with van der Waals surface area (Å²) < 4.78 is 33.0. The minimum atomic E-state index is -1.50. The van der Waals surface area contributed by atoms with Gasteiger partial charge in [-0.2, -0.15) is 0 Å². The highest BCUT2D eigenvalue weighted by Gasteiger charge is 2.29. The highest BCUT2D eigenvalue weighted by molar-refractivity contribution is 6.00. The fourth-order valence-electron chi connectivity index (χ4n) is 4.22. The number of nitrogens with one attached hydrogen (secondary N) is 1. The van der Waals surface area contributed by atoms with E-state index in [0.717, 1.165) is 31.0 Å². The number of aliphatic hydroxyl groups excluding tert-OH is 2. The lowest BCUT2D eigenvalue weighted by molar-refractivity contribution is -0.0635. The number of ether oxygens (including phenoxy) is 1. The van der Waals surface area contributed by atoms with Crippen LogP contribution in [0.5, 0.6) is 0 Å². The van der Waals surface area contributed by atoms with E-state index < -0.39 is 35.8 Å². The van der Waals surface area contributed by atoms with Crippen molar-refractivity contribution in [2.75, 3.05) is 19.7 Å². The molecule has 0 fully saturated rings. The van der Waals surface area contributed by atoms with Crippen molar-refractivity contribution in [3.05, 3.63) is 70.3 Å². The first-order chi connectivity index (χ1) is 17.9. The largest absolute Gasteiger partial charge is 0.388 e. The van der Waals surface area contributed by atoms with E-state index in [-0.39, 0.29) is 36.2 Å². The number of nitrogens with zero attached hydrogens (tertiary/aromatic N) is 1. The van der Waals surface area contributed by atoms with E-state index in [1.807, 2.05) is 13.8 Å². The lowest BCUT2D eigenvalue weighted by atomic mass is 9.96. The minimum Gasteiger partial charge on any atom is -0.388 e. The first kappa shape index (κ1) is 31.3. The van der Waals surface area contributed by atoms with Crippen LogP contribution in [0.4, 0.5) is 8.78 Å². The van der Waals surface area contributed by atoms with Crippen molar-refractivity contribution in [1.82, 2.24) is 10.2 Å². The molecule has 0 aliphatic rings. The Bertz CT molecular complexity index is 1050. The zero-order valence-corrected chi connectivity index (χ0v) is 22.8. The standard InChI is InChI=1S/C29H40F2N2O5/c1-6-8-33(9-7-2)29(37)22-11-19(5)10-21(15-22)28(36)32-25(27(35)26(34)17-38-18(3)4)14-20-12-23(30)16-24(31)13-20/h10-13,15-16,18,25-27,34-35H,6-9,14,17H2,1-5H3,(H,32,36)/t25-,26-,27+/m0/s1. The van der Waals surface area contributed by atoms with Crippen LogP contribution in [0.15, 0.2) is 36.4 Å². The van der Waals surface area contributed by atoms with Crippen LogP contribution in [-0.4, -0.2) is 71.0 Å². The molecule has 0 aliphatic carbocycles. The maximum Gasteiger partial charge on any atom is 0.253 e. The molecule has 0 saturated heterocycles. The molecule has 0 heterocycles. The van der Waals surface area contributed by atoms with Gasteiger partial charge in [0.15, 0.2) is 0 Å². The molecule has 3 N–H and O–H groups in total. The predicted octanol–water partition coefficient (Wildman–Crippen LogP) is 4.02. The molecule has 38 heavy (non-hydrogen) atoms. The van der Waals surface area contributed by atoms with Crippen LogP contribution < -0.4 is 5.32 Å². The second-order valence-electron chi connectivity index (χ2n) is 9.88. The number of aliphatic hydroxyl groups is 2. The molecule has 0 aromatic heterocycles. The summed E-state index contributed by atoms with van der Waals surface area (Å²) in [7, 11) is 0. The zero-order chi connectivity index (χ0) is 28.4. The highest BCUT2D eigenvalue weighted by atomic mass is 19.1. The van der Waals surface area contributed by atoms with Crippen LogP contribution in [0.2, 0.25) is 0 Å². The fourth-order valence-corrected chi connectivity index (χ4v) is 4.22. The number of amides is 2. The Kier molecular flexibility index (Phi) is 12.3. The summed E-state index contributed by atoms with van der Waals surface area (Å²) in [6.45, 7) is 10.3. The van der Waals surface area contributed by atoms with E-state index in [1.165, 1.54) is 6.07 Å². The smallest absolute Gasteiger partial charge is 0.253 e. The number of aryl methyl sites for hydroxylation is 1. The van der Waals surface area contributed by atoms with Crippen molar-refractivity contribution >= 4 is 11.8 Å². The van der Waals surface area contributed by atoms with Gasteiger partial charge >= 0.3 is 0 Å². The fraction of sp³-hybridized carbons (Fsp3) is 0.517. The Morgan fingerprint density at radius 1 is 0.947 bits per heavy atom. The maximum absolute atomic E-state index is 13.8. The van der Waals surface area contributed by atoms with Gasteiger partial charge in [-0.3, -0.25) is 9.59 Å². The molecule has 3 atom stereocenters. The number of carbonyl (C=O) groups is 2. The number of carbonyl (C=O) groups excluding carboxylic acids is 2. The molecular weight excluding hydrogens is 494 g/mol. The Morgan fingerprint density at radius 3 is 2.08 bits per heavy atom. The van der Waals surface area contributed by atoms with E-state index >= 15 is 0 Å². The summed E-state index contributed by atoms with van der Waals surface area (Å²) in [5.74, 6) is -2.37. The zero-order valence-electron chi connectivity index (χ0n) is 22.8. The van der Waals surface area contributed by atoms with E-state index in [1.54, 1.807) is 37.8 Å². The first-order valence-corrected chi connectivity index (χ1v) is 13.1. The van der Waals surface area contributed by atoms with Gasteiger partial charge < -0.3 is 25.2 Å². The number of rotatable bonds is 14. The van der Waals surface area contributed by atoms with E-state index in [0.29, 0.717) is 24.2 Å². The molecular formula is C29H40F2N2O5. The van der Waals surface area contributed by atoms with Crippen molar-refractivity contribution < 1.29 is 33.3 Å². The van der Waals surface area contributed by atoms with E-state index in [9.17, 15) is 28.6 Å². The van der Waals surface area contributed by atoms with Crippen molar-refractivity contribution in [2.24, 2.45) is 0 Å². The van der Waals surface area contributed by atoms with E-state index in [4.69, 9.17) is 4.74 Å². The van der Waals surface area contributed by atoms with Gasteiger partial charge in [-0.15, -0.1) is 0 Å². The Balaban J connectivity index is 2.34. The summed E-state index contributed by atoms with van der Waals surface area (Å²) in [6, 6.07) is 6.64. The van der Waals surface area contributed by atoms with Gasteiger partial charge in [-0.25, -0.2) is 8.78 Å². The normalized spacial score (nSPS) is 13.7. The Labute approximate surface area is 223 Å². The summed E-state index contributed by atoms with van der Waals surface area (Å²) >= 11 is 0. The third kappa shape index (κ3) is 9.45. The number of hydrogen-bond donors (Lipinski definition) is 3. The predicted molar refractivity (Wildman–Crippen MR) is 142 cm³/mol. The van der Waals surface area contributed by atoms with Crippen molar-refractivity contribution in [1.29, 1.82) is 0 Å². The Hall–Kier alpha value is -2.88. The first-order valence-electron chi connectivity index (χ1n) is 13.1. The van der Waals surface area contributed by atoms with Gasteiger partial charge in [0, 0.05) is 30.3 Å². The van der Waals surface area contributed by atoms with Crippen LogP contribution in [0, 0.1) is 18.6 Å². The highest BCUT2D eigenvalue weighted by Crippen LogP contribution is 2.17. The summed E-state index contributed by atoms with van der Waals surface area (Å²) in [5, 5.41) is 24.1.